The van der Waals surface area contributed by atoms with Crippen LogP contribution in [-0.4, -0.2) is 37.3 Å². The molecule has 3 heterocycles. The Kier molecular flexibility index (Phi) is 6.93. The van der Waals surface area contributed by atoms with Gasteiger partial charge in [0.1, 0.15) is 0 Å². The third kappa shape index (κ3) is 4.91. The summed E-state index contributed by atoms with van der Waals surface area (Å²) in [6.45, 7) is 2.90. The first kappa shape index (κ1) is 26.5. The van der Waals surface area contributed by atoms with E-state index in [0.29, 0.717) is 27.4 Å². The number of aliphatic carboxylic acids is 1. The molecule has 1 amide bonds. The standard InChI is InChI=1S/C32H27ClN4O4/c1-2-36-15-14-21-16-20(8-11-26(21)36)27-18-25(35-37(27)28(38)12-13-29(39)40)31-30(19-6-4-3-5-7-19)23-17-22(33)9-10-24(23)34-32(31)41/h3-11,14-17,27H,2,12-13,18H2,1H3,(H,34,41)(H,39,40). The SMILES string of the molecule is CCn1ccc2cc(C3CC(c4c(-c5ccccc5)c5cc(Cl)ccc5[nH]c4=O)=NN3C(=O)CCC(=O)O)ccc21. The van der Waals surface area contributed by atoms with Crippen LogP contribution in [0.5, 0.6) is 0 Å². The maximum absolute atomic E-state index is 13.7. The summed E-state index contributed by atoms with van der Waals surface area (Å²) in [6.07, 6.45) is 1.79. The van der Waals surface area contributed by atoms with Crippen molar-refractivity contribution in [1.82, 2.24) is 14.6 Å². The fourth-order valence-corrected chi connectivity index (χ4v) is 5.80. The molecule has 0 saturated heterocycles. The van der Waals surface area contributed by atoms with Crippen LogP contribution in [0, 0.1) is 0 Å². The maximum atomic E-state index is 13.7. The largest absolute Gasteiger partial charge is 0.481 e. The first-order valence-corrected chi connectivity index (χ1v) is 13.8. The number of hydrogen-bond donors (Lipinski definition) is 2. The molecule has 1 atom stereocenters. The summed E-state index contributed by atoms with van der Waals surface area (Å²) in [6, 6.07) is 22.4. The number of H-pyrrole nitrogens is 1. The van der Waals surface area contributed by atoms with Crippen molar-refractivity contribution in [2.45, 2.75) is 38.8 Å². The molecule has 1 aliphatic rings. The molecule has 0 saturated carbocycles. The number of carbonyl (C=O) groups is 2. The predicted molar refractivity (Wildman–Crippen MR) is 160 cm³/mol. The molecule has 6 rings (SSSR count). The Labute approximate surface area is 240 Å². The smallest absolute Gasteiger partial charge is 0.303 e. The van der Waals surface area contributed by atoms with Gasteiger partial charge in [-0.3, -0.25) is 14.4 Å². The zero-order valence-corrected chi connectivity index (χ0v) is 23.1. The summed E-state index contributed by atoms with van der Waals surface area (Å²) in [7, 11) is 0. The Balaban J connectivity index is 1.52. The van der Waals surface area contributed by atoms with Crippen molar-refractivity contribution in [3.63, 3.8) is 0 Å². The van der Waals surface area contributed by atoms with Crippen molar-refractivity contribution >= 4 is 51.0 Å². The summed E-state index contributed by atoms with van der Waals surface area (Å²) in [4.78, 5) is 41.3. The number of carboxylic acid groups (broad SMARTS) is 1. The first-order valence-electron chi connectivity index (χ1n) is 13.5. The van der Waals surface area contributed by atoms with Crippen molar-refractivity contribution in [2.24, 2.45) is 5.10 Å². The molecule has 0 radical (unpaired) electrons. The van der Waals surface area contributed by atoms with Gasteiger partial charge >= 0.3 is 5.97 Å². The van der Waals surface area contributed by atoms with E-state index >= 15 is 0 Å². The van der Waals surface area contributed by atoms with Crippen LogP contribution in [0.1, 0.15) is 43.4 Å². The zero-order valence-electron chi connectivity index (χ0n) is 22.3. The van der Waals surface area contributed by atoms with Crippen molar-refractivity contribution in [2.75, 3.05) is 0 Å². The summed E-state index contributed by atoms with van der Waals surface area (Å²) < 4.78 is 2.14. The summed E-state index contributed by atoms with van der Waals surface area (Å²) in [5, 5.41) is 17.6. The molecule has 0 fully saturated rings. The molecule has 41 heavy (non-hydrogen) atoms. The number of carbonyl (C=O) groups excluding carboxylic acids is 1. The van der Waals surface area contributed by atoms with Gasteiger partial charge in [0.05, 0.1) is 23.7 Å². The van der Waals surface area contributed by atoms with Gasteiger partial charge < -0.3 is 14.7 Å². The minimum absolute atomic E-state index is 0.202. The third-order valence-corrected chi connectivity index (χ3v) is 7.80. The number of nitrogens with zero attached hydrogens (tertiary/aromatic N) is 3. The molecular weight excluding hydrogens is 540 g/mol. The van der Waals surface area contributed by atoms with E-state index in [1.165, 1.54) is 5.01 Å². The first-order chi connectivity index (χ1) is 19.8. The van der Waals surface area contributed by atoms with Crippen molar-refractivity contribution in [3.05, 3.63) is 105 Å². The highest BCUT2D eigenvalue weighted by Crippen LogP contribution is 2.38. The van der Waals surface area contributed by atoms with Gasteiger partial charge in [0, 0.05) is 52.6 Å². The number of halogens is 1. The highest BCUT2D eigenvalue weighted by molar-refractivity contribution is 6.31. The van der Waals surface area contributed by atoms with Gasteiger partial charge in [-0.25, -0.2) is 5.01 Å². The Morgan fingerprint density at radius 2 is 1.83 bits per heavy atom. The van der Waals surface area contributed by atoms with E-state index in [1.54, 1.807) is 12.1 Å². The zero-order chi connectivity index (χ0) is 28.7. The average Bonchev–Trinajstić information content (AvgIpc) is 3.60. The van der Waals surface area contributed by atoms with E-state index in [2.05, 4.69) is 16.5 Å². The number of aryl methyl sites for hydroxylation is 1. The van der Waals surface area contributed by atoms with E-state index in [1.807, 2.05) is 66.9 Å². The molecule has 2 N–H and O–H groups in total. The molecule has 1 unspecified atom stereocenters. The molecule has 0 aliphatic carbocycles. The molecule has 206 valence electrons. The van der Waals surface area contributed by atoms with E-state index in [4.69, 9.17) is 16.7 Å². The van der Waals surface area contributed by atoms with Gasteiger partial charge in [-0.15, -0.1) is 0 Å². The second kappa shape index (κ2) is 10.7. The van der Waals surface area contributed by atoms with Crippen LogP contribution in [0.25, 0.3) is 32.9 Å². The number of hydrazone groups is 1. The number of aromatic amines is 1. The van der Waals surface area contributed by atoms with E-state index in [0.717, 1.165) is 34.0 Å². The summed E-state index contributed by atoms with van der Waals surface area (Å²) in [5.41, 5.74) is 4.56. The van der Waals surface area contributed by atoms with Crippen LogP contribution < -0.4 is 5.56 Å². The Morgan fingerprint density at radius 1 is 1.02 bits per heavy atom. The number of amides is 1. The topological polar surface area (TPSA) is 108 Å². The lowest BCUT2D eigenvalue weighted by molar-refractivity contribution is -0.141. The quantitative estimate of drug-likeness (QED) is 0.239. The maximum Gasteiger partial charge on any atom is 0.303 e. The number of hydrogen-bond acceptors (Lipinski definition) is 4. The van der Waals surface area contributed by atoms with Crippen molar-refractivity contribution in [3.8, 4) is 11.1 Å². The molecule has 1 aliphatic heterocycles. The van der Waals surface area contributed by atoms with E-state index < -0.39 is 17.9 Å². The normalized spacial score (nSPS) is 15.0. The fraction of sp³-hybridized carbons (Fsp3) is 0.188. The predicted octanol–water partition coefficient (Wildman–Crippen LogP) is 6.37. The Morgan fingerprint density at radius 3 is 2.59 bits per heavy atom. The molecular formula is C32H27ClN4O4. The van der Waals surface area contributed by atoms with Gasteiger partial charge in [-0.05, 0) is 59.8 Å². The van der Waals surface area contributed by atoms with Crippen LogP contribution in [0.3, 0.4) is 0 Å². The Hall–Kier alpha value is -4.69. The van der Waals surface area contributed by atoms with Gasteiger partial charge in [0.2, 0.25) is 5.91 Å². The number of benzene rings is 3. The lowest BCUT2D eigenvalue weighted by Crippen LogP contribution is -2.27. The number of carboxylic acids is 1. The number of aromatic nitrogens is 2. The third-order valence-electron chi connectivity index (χ3n) is 7.57. The molecule has 9 heteroatoms. The van der Waals surface area contributed by atoms with Gasteiger partial charge in [0.15, 0.2) is 0 Å². The molecule has 2 aromatic heterocycles. The van der Waals surface area contributed by atoms with Gasteiger partial charge in [-0.1, -0.05) is 48.0 Å². The van der Waals surface area contributed by atoms with E-state index in [-0.39, 0.29) is 24.8 Å². The second-order valence-corrected chi connectivity index (χ2v) is 10.5. The van der Waals surface area contributed by atoms with Gasteiger partial charge in [-0.2, -0.15) is 5.10 Å². The van der Waals surface area contributed by atoms with Crippen LogP contribution in [0.4, 0.5) is 0 Å². The highest BCUT2D eigenvalue weighted by Gasteiger charge is 2.35. The van der Waals surface area contributed by atoms with Crippen LogP contribution in [0.2, 0.25) is 5.02 Å². The number of pyridine rings is 1. The van der Waals surface area contributed by atoms with Gasteiger partial charge in [0.25, 0.3) is 5.56 Å². The van der Waals surface area contributed by atoms with Crippen LogP contribution in [0.15, 0.2) is 88.9 Å². The minimum atomic E-state index is -1.06. The fourth-order valence-electron chi connectivity index (χ4n) is 5.63. The lowest BCUT2D eigenvalue weighted by atomic mass is 9.91. The van der Waals surface area contributed by atoms with Crippen molar-refractivity contribution < 1.29 is 14.7 Å². The van der Waals surface area contributed by atoms with Crippen molar-refractivity contribution in [1.29, 1.82) is 0 Å². The average molecular weight is 567 g/mol. The monoisotopic (exact) mass is 566 g/mol. The number of nitrogens with one attached hydrogen (secondary N) is 1. The minimum Gasteiger partial charge on any atom is -0.481 e. The second-order valence-electron chi connectivity index (χ2n) is 10.1. The van der Waals surface area contributed by atoms with E-state index in [9.17, 15) is 19.5 Å². The molecule has 5 aromatic rings. The Bertz CT molecular complexity index is 1910. The highest BCUT2D eigenvalue weighted by atomic mass is 35.5. The number of rotatable bonds is 7. The van der Waals surface area contributed by atoms with Crippen LogP contribution >= 0.6 is 11.6 Å². The molecule has 3 aromatic carbocycles. The van der Waals surface area contributed by atoms with Crippen LogP contribution in [-0.2, 0) is 16.1 Å². The number of fused-ring (bicyclic) bond motifs is 2. The summed E-state index contributed by atoms with van der Waals surface area (Å²) in [5.74, 6) is -1.48. The lowest BCUT2D eigenvalue weighted by Gasteiger charge is -2.22. The molecule has 0 spiro atoms. The molecule has 0 bridgehead atoms. The molecule has 8 nitrogen and oxygen atoms in total. The summed E-state index contributed by atoms with van der Waals surface area (Å²) >= 11 is 6.39.